The molecule has 0 aliphatic heterocycles. The largest absolute Gasteiger partial charge is 0.431 e. The monoisotopic (exact) mass is 496 g/mol. The van der Waals surface area contributed by atoms with E-state index in [1.807, 2.05) is 0 Å². The summed E-state index contributed by atoms with van der Waals surface area (Å²) in [6.45, 7) is -6.44. The van der Waals surface area contributed by atoms with Crippen molar-refractivity contribution in [2.24, 2.45) is 0 Å². The molecule has 0 spiro atoms. The van der Waals surface area contributed by atoms with Crippen molar-refractivity contribution < 1.29 is 31.8 Å². The van der Waals surface area contributed by atoms with Crippen molar-refractivity contribution in [1.82, 2.24) is 9.97 Å². The molecule has 2 heterocycles. The molecule has 4 rings (SSSR count). The normalized spacial score (nSPS) is 11.9. The molecule has 2 aromatic heterocycles. The quantitative estimate of drug-likeness (QED) is 0.191. The van der Waals surface area contributed by atoms with Gasteiger partial charge in [0.15, 0.2) is 11.5 Å². The van der Waals surface area contributed by atoms with Gasteiger partial charge in [0.05, 0.1) is 0 Å². The number of halogens is 4. The number of ether oxygens (including phenoxy) is 2. The molecule has 5 nitrogen and oxygen atoms in total. The lowest BCUT2D eigenvalue weighted by atomic mass is 9.86. The van der Waals surface area contributed by atoms with Gasteiger partial charge in [0, 0.05) is 30.1 Å². The van der Waals surface area contributed by atoms with Crippen LogP contribution in [0.2, 0.25) is 0 Å². The van der Waals surface area contributed by atoms with Crippen molar-refractivity contribution in [3.8, 4) is 11.5 Å². The minimum absolute atomic E-state index is 0.242. The zero-order valence-corrected chi connectivity index (χ0v) is 18.7. The standard InChI is InChI=1S/C27H20F4N2O3/c28-26(29)35-23-9-7-19(15-24(23)36-27(30)31)21(14-17-10-12-32-13-11-17)20-6-8-22(33-16-20)25(34)18-4-2-1-3-5-18/h1-13,15-16,21,26-27H,14H2/t21-/m1/s1. The van der Waals surface area contributed by atoms with Crippen LogP contribution in [0.4, 0.5) is 17.6 Å². The van der Waals surface area contributed by atoms with Crippen molar-refractivity contribution in [2.45, 2.75) is 25.6 Å². The maximum Gasteiger partial charge on any atom is 0.387 e. The van der Waals surface area contributed by atoms with Gasteiger partial charge in [0.1, 0.15) is 5.69 Å². The highest BCUT2D eigenvalue weighted by Gasteiger charge is 2.22. The topological polar surface area (TPSA) is 61.3 Å². The Morgan fingerprint density at radius 1 is 0.778 bits per heavy atom. The number of aromatic nitrogens is 2. The molecule has 0 N–H and O–H groups in total. The van der Waals surface area contributed by atoms with Crippen molar-refractivity contribution >= 4 is 5.78 Å². The molecule has 36 heavy (non-hydrogen) atoms. The van der Waals surface area contributed by atoms with Gasteiger partial charge in [-0.2, -0.15) is 17.6 Å². The van der Waals surface area contributed by atoms with Gasteiger partial charge in [-0.15, -0.1) is 0 Å². The van der Waals surface area contributed by atoms with Gasteiger partial charge < -0.3 is 9.47 Å². The smallest absolute Gasteiger partial charge is 0.387 e. The molecule has 0 radical (unpaired) electrons. The first-order valence-electron chi connectivity index (χ1n) is 10.9. The summed E-state index contributed by atoms with van der Waals surface area (Å²) in [5.41, 5.74) is 2.82. The molecule has 0 fully saturated rings. The molecule has 184 valence electrons. The molecular weight excluding hydrogens is 476 g/mol. The van der Waals surface area contributed by atoms with Gasteiger partial charge in [-0.1, -0.05) is 42.5 Å². The number of hydrogen-bond donors (Lipinski definition) is 0. The number of rotatable bonds is 10. The van der Waals surface area contributed by atoms with E-state index in [9.17, 15) is 22.4 Å². The highest BCUT2D eigenvalue weighted by atomic mass is 19.3. The Balaban J connectivity index is 1.71. The molecule has 1 atom stereocenters. The van der Waals surface area contributed by atoms with Gasteiger partial charge in [0.2, 0.25) is 5.78 Å². The Bertz CT molecular complexity index is 1290. The second-order valence-electron chi connectivity index (χ2n) is 7.75. The molecular formula is C27H20F4N2O3. The fourth-order valence-electron chi connectivity index (χ4n) is 3.79. The van der Waals surface area contributed by atoms with Gasteiger partial charge in [0.25, 0.3) is 0 Å². The van der Waals surface area contributed by atoms with Crippen LogP contribution in [0.3, 0.4) is 0 Å². The lowest BCUT2D eigenvalue weighted by Crippen LogP contribution is -2.11. The van der Waals surface area contributed by atoms with Crippen LogP contribution in [0.15, 0.2) is 91.4 Å². The SMILES string of the molecule is O=C(c1ccccc1)c1ccc([C@H](Cc2ccncc2)c2ccc(OC(F)F)c(OC(F)F)c2)cn1. The van der Waals surface area contributed by atoms with E-state index in [2.05, 4.69) is 19.4 Å². The molecule has 0 aliphatic carbocycles. The van der Waals surface area contributed by atoms with E-state index in [0.29, 0.717) is 23.1 Å². The number of nitrogens with zero attached hydrogens (tertiary/aromatic N) is 2. The van der Waals surface area contributed by atoms with E-state index in [1.54, 1.807) is 73.2 Å². The van der Waals surface area contributed by atoms with Crippen LogP contribution in [-0.4, -0.2) is 29.0 Å². The molecule has 9 heteroatoms. The average Bonchev–Trinajstić information content (AvgIpc) is 2.89. The van der Waals surface area contributed by atoms with Crippen LogP contribution >= 0.6 is 0 Å². The summed E-state index contributed by atoms with van der Waals surface area (Å²) in [6, 6.07) is 19.6. The van der Waals surface area contributed by atoms with Gasteiger partial charge in [-0.05, 0) is 53.4 Å². The highest BCUT2D eigenvalue weighted by molar-refractivity contribution is 6.07. The Kier molecular flexibility index (Phi) is 7.89. The van der Waals surface area contributed by atoms with Crippen LogP contribution in [-0.2, 0) is 6.42 Å². The summed E-state index contributed by atoms with van der Waals surface area (Å²) >= 11 is 0. The van der Waals surface area contributed by atoms with Crippen molar-refractivity contribution in [1.29, 1.82) is 0 Å². The van der Waals surface area contributed by atoms with Gasteiger partial charge >= 0.3 is 13.2 Å². The molecule has 0 saturated heterocycles. The van der Waals surface area contributed by atoms with E-state index in [-0.39, 0.29) is 11.5 Å². The minimum atomic E-state index is -3.23. The number of carbonyl (C=O) groups excluding carboxylic acids is 1. The van der Waals surface area contributed by atoms with E-state index in [1.165, 1.54) is 18.2 Å². The third kappa shape index (κ3) is 6.24. The zero-order chi connectivity index (χ0) is 25.5. The van der Waals surface area contributed by atoms with E-state index >= 15 is 0 Å². The minimum Gasteiger partial charge on any atom is -0.431 e. The summed E-state index contributed by atoms with van der Waals surface area (Å²) < 4.78 is 60.3. The summed E-state index contributed by atoms with van der Waals surface area (Å²) in [7, 11) is 0. The second-order valence-corrected chi connectivity index (χ2v) is 7.75. The molecule has 2 aromatic carbocycles. The maximum absolute atomic E-state index is 13.0. The fourth-order valence-corrected chi connectivity index (χ4v) is 3.79. The Hall–Kier alpha value is -4.27. The zero-order valence-electron chi connectivity index (χ0n) is 18.7. The second kappa shape index (κ2) is 11.4. The number of alkyl halides is 4. The highest BCUT2D eigenvalue weighted by Crippen LogP contribution is 2.36. The van der Waals surface area contributed by atoms with Crippen LogP contribution < -0.4 is 9.47 Å². The number of pyridine rings is 2. The first-order chi connectivity index (χ1) is 17.4. The molecule has 0 saturated carbocycles. The van der Waals surface area contributed by atoms with Crippen molar-refractivity contribution in [3.63, 3.8) is 0 Å². The number of hydrogen-bond acceptors (Lipinski definition) is 5. The third-order valence-corrected chi connectivity index (χ3v) is 5.45. The van der Waals surface area contributed by atoms with Gasteiger partial charge in [-0.25, -0.2) is 0 Å². The van der Waals surface area contributed by atoms with Gasteiger partial charge in [-0.3, -0.25) is 14.8 Å². The van der Waals surface area contributed by atoms with Crippen LogP contribution in [0.25, 0.3) is 0 Å². The van der Waals surface area contributed by atoms with Crippen molar-refractivity contribution in [3.05, 3.63) is 119 Å². The van der Waals surface area contributed by atoms with E-state index in [0.717, 1.165) is 5.56 Å². The van der Waals surface area contributed by atoms with E-state index in [4.69, 9.17) is 0 Å². The Labute approximate surface area is 204 Å². The van der Waals surface area contributed by atoms with Crippen LogP contribution in [0.5, 0.6) is 11.5 Å². The third-order valence-electron chi connectivity index (χ3n) is 5.45. The predicted octanol–water partition coefficient (Wildman–Crippen LogP) is 6.29. The van der Waals surface area contributed by atoms with Crippen LogP contribution in [0, 0.1) is 0 Å². The summed E-state index contributed by atoms with van der Waals surface area (Å²) in [5, 5.41) is 0. The van der Waals surface area contributed by atoms with E-state index < -0.39 is 30.6 Å². The predicted molar refractivity (Wildman–Crippen MR) is 124 cm³/mol. The molecule has 0 bridgehead atoms. The molecule has 0 aliphatic rings. The summed E-state index contributed by atoms with van der Waals surface area (Å²) in [5.74, 6) is -1.68. The van der Waals surface area contributed by atoms with Crippen LogP contribution in [0.1, 0.15) is 38.7 Å². The molecule has 0 amide bonds. The molecule has 0 unspecified atom stereocenters. The summed E-state index contributed by atoms with van der Waals surface area (Å²) in [4.78, 5) is 21.1. The summed E-state index contributed by atoms with van der Waals surface area (Å²) in [6.07, 6.45) is 5.20. The lowest BCUT2D eigenvalue weighted by Gasteiger charge is -2.20. The van der Waals surface area contributed by atoms with Crippen molar-refractivity contribution in [2.75, 3.05) is 0 Å². The maximum atomic E-state index is 13.0. The number of carbonyl (C=O) groups is 1. The Morgan fingerprint density at radius 3 is 2.08 bits per heavy atom. The first kappa shape index (κ1) is 24.8. The first-order valence-corrected chi connectivity index (χ1v) is 10.9. The Morgan fingerprint density at radius 2 is 1.44 bits per heavy atom. The molecule has 4 aromatic rings. The number of ketones is 1. The lowest BCUT2D eigenvalue weighted by molar-refractivity contribution is -0.0692. The number of benzene rings is 2. The fraction of sp³-hybridized carbons (Fsp3) is 0.148. The average molecular weight is 496 g/mol.